The maximum Gasteiger partial charge on any atom is 0.328 e. The number of hydrogen-bond donors (Lipinski definition) is 1. The van der Waals surface area contributed by atoms with Crippen LogP contribution in [0.25, 0.3) is 6.08 Å². The van der Waals surface area contributed by atoms with Gasteiger partial charge < -0.3 is 5.11 Å². The van der Waals surface area contributed by atoms with Crippen LogP contribution in [0.5, 0.6) is 0 Å². The van der Waals surface area contributed by atoms with Crippen molar-refractivity contribution in [2.24, 2.45) is 0 Å². The predicted molar refractivity (Wildman–Crippen MR) is 46.7 cm³/mol. The molecule has 0 bridgehead atoms. The van der Waals surface area contributed by atoms with E-state index >= 15 is 0 Å². The Morgan fingerprint density at radius 2 is 2.42 bits per heavy atom. The third-order valence-corrected chi connectivity index (χ3v) is 1.39. The first kappa shape index (κ1) is 8.53. The van der Waals surface area contributed by atoms with Crippen molar-refractivity contribution in [2.75, 3.05) is 0 Å². The third-order valence-electron chi connectivity index (χ3n) is 1.39. The Labute approximate surface area is 71.2 Å². The van der Waals surface area contributed by atoms with Crippen LogP contribution in [-0.2, 0) is 4.79 Å². The molecule has 1 aromatic rings. The SMILES string of the molecule is Cc1[c]ccc(C=CC(=O)O)c1. The minimum absolute atomic E-state index is 0.883. The molecule has 0 saturated heterocycles. The number of aliphatic carboxylic acids is 1. The van der Waals surface area contributed by atoms with Gasteiger partial charge in [0, 0.05) is 6.08 Å². The fourth-order valence-electron chi connectivity index (χ4n) is 0.880. The molecule has 0 aromatic heterocycles. The quantitative estimate of drug-likeness (QED) is 0.672. The molecule has 0 aliphatic carbocycles. The highest BCUT2D eigenvalue weighted by molar-refractivity contribution is 5.85. The van der Waals surface area contributed by atoms with Gasteiger partial charge in [0.2, 0.25) is 0 Å². The zero-order chi connectivity index (χ0) is 8.97. The lowest BCUT2D eigenvalue weighted by Gasteiger charge is -1.93. The maximum absolute atomic E-state index is 10.2. The van der Waals surface area contributed by atoms with Crippen molar-refractivity contribution in [1.82, 2.24) is 0 Å². The summed E-state index contributed by atoms with van der Waals surface area (Å²) < 4.78 is 0. The minimum atomic E-state index is -0.930. The van der Waals surface area contributed by atoms with E-state index in [-0.39, 0.29) is 0 Å². The van der Waals surface area contributed by atoms with Gasteiger partial charge in [0.1, 0.15) is 0 Å². The third kappa shape index (κ3) is 2.58. The zero-order valence-corrected chi connectivity index (χ0v) is 6.74. The number of carbonyl (C=O) groups is 1. The van der Waals surface area contributed by atoms with Gasteiger partial charge >= 0.3 is 5.97 Å². The van der Waals surface area contributed by atoms with Crippen LogP contribution in [-0.4, -0.2) is 11.1 Å². The summed E-state index contributed by atoms with van der Waals surface area (Å²) in [6.07, 6.45) is 2.68. The largest absolute Gasteiger partial charge is 0.478 e. The highest BCUT2D eigenvalue weighted by Crippen LogP contribution is 2.04. The van der Waals surface area contributed by atoms with Crippen LogP contribution in [0.2, 0.25) is 0 Å². The number of benzene rings is 1. The summed E-state index contributed by atoms with van der Waals surface area (Å²) in [7, 11) is 0. The lowest BCUT2D eigenvalue weighted by atomic mass is 10.1. The minimum Gasteiger partial charge on any atom is -0.478 e. The van der Waals surface area contributed by atoms with E-state index in [1.165, 1.54) is 0 Å². The lowest BCUT2D eigenvalue weighted by Crippen LogP contribution is -1.85. The highest BCUT2D eigenvalue weighted by atomic mass is 16.4. The molecule has 0 unspecified atom stereocenters. The van der Waals surface area contributed by atoms with E-state index in [9.17, 15) is 4.79 Å². The van der Waals surface area contributed by atoms with E-state index in [2.05, 4.69) is 6.07 Å². The van der Waals surface area contributed by atoms with E-state index in [1.807, 2.05) is 19.1 Å². The first-order valence-corrected chi connectivity index (χ1v) is 3.58. The van der Waals surface area contributed by atoms with Gasteiger partial charge in [0.15, 0.2) is 0 Å². The van der Waals surface area contributed by atoms with Gasteiger partial charge in [-0.25, -0.2) is 4.79 Å². The van der Waals surface area contributed by atoms with E-state index in [0.29, 0.717) is 0 Å². The number of hydrogen-bond acceptors (Lipinski definition) is 1. The Hall–Kier alpha value is -1.57. The first-order chi connectivity index (χ1) is 5.68. The molecule has 12 heavy (non-hydrogen) atoms. The fraction of sp³-hybridized carbons (Fsp3) is 0.100. The van der Waals surface area contributed by atoms with Crippen LogP contribution >= 0.6 is 0 Å². The summed E-state index contributed by atoms with van der Waals surface area (Å²) in [5.41, 5.74) is 1.89. The smallest absolute Gasteiger partial charge is 0.328 e. The molecule has 0 heterocycles. The second kappa shape index (κ2) is 3.72. The summed E-state index contributed by atoms with van der Waals surface area (Å²) in [5, 5.41) is 8.35. The monoisotopic (exact) mass is 161 g/mol. The van der Waals surface area contributed by atoms with Gasteiger partial charge in [-0.3, -0.25) is 0 Å². The summed E-state index contributed by atoms with van der Waals surface area (Å²) in [6, 6.07) is 8.44. The van der Waals surface area contributed by atoms with Crippen molar-refractivity contribution >= 4 is 12.0 Å². The number of carboxylic acids is 1. The molecule has 0 spiro atoms. The molecular weight excluding hydrogens is 152 g/mol. The Balaban J connectivity index is 2.83. The van der Waals surface area contributed by atoms with Crippen LogP contribution in [0.15, 0.2) is 24.3 Å². The van der Waals surface area contributed by atoms with Crippen molar-refractivity contribution in [3.63, 3.8) is 0 Å². The summed E-state index contributed by atoms with van der Waals surface area (Å²) >= 11 is 0. The van der Waals surface area contributed by atoms with Crippen molar-refractivity contribution in [1.29, 1.82) is 0 Å². The molecule has 0 saturated carbocycles. The molecule has 1 N–H and O–H groups in total. The maximum atomic E-state index is 10.2. The van der Waals surface area contributed by atoms with Crippen LogP contribution < -0.4 is 0 Å². The predicted octanol–water partition coefficient (Wildman–Crippen LogP) is 1.89. The summed E-state index contributed by atoms with van der Waals surface area (Å²) in [4.78, 5) is 10.2. The van der Waals surface area contributed by atoms with Gasteiger partial charge in [-0.05, 0) is 30.2 Å². The molecule has 2 nitrogen and oxygen atoms in total. The second-order valence-corrected chi connectivity index (χ2v) is 2.48. The molecule has 0 aliphatic heterocycles. The molecule has 61 valence electrons. The first-order valence-electron chi connectivity index (χ1n) is 3.58. The van der Waals surface area contributed by atoms with Gasteiger partial charge in [-0.1, -0.05) is 18.2 Å². The molecule has 0 atom stereocenters. The van der Waals surface area contributed by atoms with Crippen LogP contribution in [0.4, 0.5) is 0 Å². The molecule has 1 aromatic carbocycles. The van der Waals surface area contributed by atoms with E-state index in [4.69, 9.17) is 5.11 Å². The topological polar surface area (TPSA) is 37.3 Å². The lowest BCUT2D eigenvalue weighted by molar-refractivity contribution is -0.131. The Bertz CT molecular complexity index is 313. The summed E-state index contributed by atoms with van der Waals surface area (Å²) in [5.74, 6) is -0.930. The van der Waals surface area contributed by atoms with Crippen molar-refractivity contribution in [3.8, 4) is 0 Å². The standard InChI is InChI=1S/C10H9O2/c1-8-3-2-4-9(7-8)5-6-10(11)12/h2,4-7H,1H3,(H,11,12). The second-order valence-electron chi connectivity index (χ2n) is 2.48. The number of rotatable bonds is 2. The van der Waals surface area contributed by atoms with Crippen LogP contribution in [0.1, 0.15) is 11.1 Å². The molecular formula is C10H9O2. The average Bonchev–Trinajstić information content (AvgIpc) is 2.01. The van der Waals surface area contributed by atoms with Crippen molar-refractivity contribution in [3.05, 3.63) is 41.5 Å². The van der Waals surface area contributed by atoms with Crippen molar-refractivity contribution in [2.45, 2.75) is 6.92 Å². The van der Waals surface area contributed by atoms with Crippen LogP contribution in [0, 0.1) is 13.0 Å². The number of aryl methyl sites for hydroxylation is 1. The molecule has 2 heteroatoms. The molecule has 1 rings (SSSR count). The molecule has 1 radical (unpaired) electrons. The normalized spacial score (nSPS) is 10.4. The highest BCUT2D eigenvalue weighted by Gasteiger charge is 1.89. The van der Waals surface area contributed by atoms with Crippen molar-refractivity contribution < 1.29 is 9.90 Å². The zero-order valence-electron chi connectivity index (χ0n) is 6.74. The van der Waals surface area contributed by atoms with Gasteiger partial charge in [-0.15, -0.1) is 0 Å². The van der Waals surface area contributed by atoms with Gasteiger partial charge in [-0.2, -0.15) is 0 Å². The van der Waals surface area contributed by atoms with Gasteiger partial charge in [0.25, 0.3) is 0 Å². The Kier molecular flexibility index (Phi) is 2.64. The Morgan fingerprint density at radius 3 is 3.00 bits per heavy atom. The average molecular weight is 161 g/mol. The fourth-order valence-corrected chi connectivity index (χ4v) is 0.880. The molecule has 0 aliphatic rings. The van der Waals surface area contributed by atoms with E-state index in [1.54, 1.807) is 12.1 Å². The van der Waals surface area contributed by atoms with Crippen LogP contribution in [0.3, 0.4) is 0 Å². The van der Waals surface area contributed by atoms with Gasteiger partial charge in [0.05, 0.1) is 0 Å². The molecule has 0 amide bonds. The summed E-state index contributed by atoms with van der Waals surface area (Å²) in [6.45, 7) is 1.91. The van der Waals surface area contributed by atoms with E-state index < -0.39 is 5.97 Å². The number of carboxylic acid groups (broad SMARTS) is 1. The Morgan fingerprint density at radius 1 is 1.67 bits per heavy atom. The molecule has 0 fully saturated rings. The van der Waals surface area contributed by atoms with E-state index in [0.717, 1.165) is 17.2 Å².